The summed E-state index contributed by atoms with van der Waals surface area (Å²) in [4.78, 5) is 15.0. The quantitative estimate of drug-likeness (QED) is 0.441. The number of aromatic amines is 1. The number of anilines is 1. The Morgan fingerprint density at radius 1 is 1.12 bits per heavy atom. The molecule has 1 aliphatic carbocycles. The summed E-state index contributed by atoms with van der Waals surface area (Å²) in [6.07, 6.45) is 1.81. The van der Waals surface area contributed by atoms with Gasteiger partial charge in [0.2, 0.25) is 0 Å². The minimum Gasteiger partial charge on any atom is -0.398 e. The summed E-state index contributed by atoms with van der Waals surface area (Å²) < 4.78 is 0. The van der Waals surface area contributed by atoms with Gasteiger partial charge in [0.05, 0.1) is 5.39 Å². The highest BCUT2D eigenvalue weighted by molar-refractivity contribution is 6.02. The van der Waals surface area contributed by atoms with Gasteiger partial charge < -0.3 is 10.7 Å². The van der Waals surface area contributed by atoms with Gasteiger partial charge in [0.25, 0.3) is 0 Å². The standard InChI is InChI=1S/C13H10N2O/c14-10-5-1-3-9-8-4-2-6-15-11(8)7-12(16)13(9)10/h1-7,15H,14H2. The first-order chi connectivity index (χ1) is 7.77. The van der Waals surface area contributed by atoms with Crippen LogP contribution in [0.15, 0.2) is 47.4 Å². The van der Waals surface area contributed by atoms with Gasteiger partial charge in [-0.25, -0.2) is 0 Å². The van der Waals surface area contributed by atoms with Gasteiger partial charge >= 0.3 is 0 Å². The molecule has 0 radical (unpaired) electrons. The molecule has 1 aliphatic heterocycles. The normalized spacial score (nSPS) is 11.0. The Morgan fingerprint density at radius 2 is 2.00 bits per heavy atom. The molecule has 0 saturated carbocycles. The van der Waals surface area contributed by atoms with Gasteiger partial charge in [-0.05, 0) is 17.5 Å². The van der Waals surface area contributed by atoms with Crippen LogP contribution in [0.1, 0.15) is 0 Å². The van der Waals surface area contributed by atoms with Gasteiger partial charge in [-0.2, -0.15) is 0 Å². The van der Waals surface area contributed by atoms with Gasteiger partial charge in [-0.15, -0.1) is 0 Å². The fourth-order valence-corrected chi connectivity index (χ4v) is 2.08. The molecule has 78 valence electrons. The lowest BCUT2D eigenvalue weighted by molar-refractivity contribution is 1.32. The number of H-pyrrole nitrogens is 1. The number of nitrogens with one attached hydrogen (secondary N) is 1. The number of hydrogen-bond donors (Lipinski definition) is 2. The molecule has 3 rings (SSSR count). The van der Waals surface area contributed by atoms with Crippen LogP contribution in [0.5, 0.6) is 0 Å². The van der Waals surface area contributed by atoms with Crippen LogP contribution >= 0.6 is 0 Å². The lowest BCUT2D eigenvalue weighted by Gasteiger charge is -2.09. The minimum atomic E-state index is -0.0388. The molecule has 1 aromatic carbocycles. The number of nitrogen functional groups attached to an aromatic ring is 1. The number of aromatic nitrogens is 1. The summed E-state index contributed by atoms with van der Waals surface area (Å²) in [6.45, 7) is 0. The SMILES string of the molecule is Nc1cccc2c3ccc[nH]c-3cc(=O)c12. The van der Waals surface area contributed by atoms with Crippen LogP contribution in [0.4, 0.5) is 5.69 Å². The van der Waals surface area contributed by atoms with E-state index in [1.807, 2.05) is 24.3 Å². The third-order valence-electron chi connectivity index (χ3n) is 2.80. The van der Waals surface area contributed by atoms with Crippen molar-refractivity contribution >= 4 is 16.5 Å². The van der Waals surface area contributed by atoms with Gasteiger partial charge in [-0.1, -0.05) is 18.2 Å². The van der Waals surface area contributed by atoms with Crippen LogP contribution < -0.4 is 11.2 Å². The highest BCUT2D eigenvalue weighted by Crippen LogP contribution is 2.28. The maximum atomic E-state index is 11.9. The highest BCUT2D eigenvalue weighted by Gasteiger charge is 2.10. The van der Waals surface area contributed by atoms with Crippen LogP contribution in [0.25, 0.3) is 22.0 Å². The molecule has 1 aromatic rings. The summed E-state index contributed by atoms with van der Waals surface area (Å²) in [5.74, 6) is 0. The van der Waals surface area contributed by atoms with Crippen molar-refractivity contribution in [1.29, 1.82) is 0 Å². The summed E-state index contributed by atoms with van der Waals surface area (Å²) >= 11 is 0. The molecular weight excluding hydrogens is 200 g/mol. The van der Waals surface area contributed by atoms with Crippen LogP contribution in [-0.4, -0.2) is 4.98 Å². The monoisotopic (exact) mass is 210 g/mol. The molecule has 3 N–H and O–H groups in total. The lowest BCUT2D eigenvalue weighted by Crippen LogP contribution is -2.06. The maximum absolute atomic E-state index is 11.9. The molecule has 0 bridgehead atoms. The summed E-state index contributed by atoms with van der Waals surface area (Å²) in [5, 5.41) is 1.51. The molecule has 0 saturated heterocycles. The zero-order chi connectivity index (χ0) is 11.1. The van der Waals surface area contributed by atoms with E-state index in [1.165, 1.54) is 0 Å². The molecule has 16 heavy (non-hydrogen) atoms. The fraction of sp³-hybridized carbons (Fsp3) is 0. The molecule has 0 amide bonds. The van der Waals surface area contributed by atoms with Crippen molar-refractivity contribution in [2.24, 2.45) is 0 Å². The third kappa shape index (κ3) is 1.11. The number of pyridine rings is 1. The molecular formula is C13H10N2O. The predicted octanol–water partition coefficient (Wildman–Crippen LogP) is 2.22. The average molecular weight is 210 g/mol. The van der Waals surface area contributed by atoms with E-state index in [9.17, 15) is 4.79 Å². The Hall–Kier alpha value is -2.29. The summed E-state index contributed by atoms with van der Waals surface area (Å²) in [5.41, 5.74) is 8.19. The van der Waals surface area contributed by atoms with E-state index in [2.05, 4.69) is 4.98 Å². The zero-order valence-corrected chi connectivity index (χ0v) is 8.53. The molecule has 0 atom stereocenters. The second-order valence-electron chi connectivity index (χ2n) is 3.78. The lowest BCUT2D eigenvalue weighted by atomic mass is 9.99. The molecule has 0 fully saturated rings. The first-order valence-corrected chi connectivity index (χ1v) is 5.06. The van der Waals surface area contributed by atoms with Crippen molar-refractivity contribution in [1.82, 2.24) is 4.98 Å². The first-order valence-electron chi connectivity index (χ1n) is 5.06. The van der Waals surface area contributed by atoms with Gasteiger partial charge in [0, 0.05) is 29.2 Å². The van der Waals surface area contributed by atoms with Crippen molar-refractivity contribution in [3.63, 3.8) is 0 Å². The summed E-state index contributed by atoms with van der Waals surface area (Å²) in [7, 11) is 0. The second-order valence-corrected chi connectivity index (χ2v) is 3.78. The number of rotatable bonds is 0. The van der Waals surface area contributed by atoms with E-state index in [4.69, 9.17) is 5.73 Å². The Labute approximate surface area is 91.9 Å². The van der Waals surface area contributed by atoms with Crippen LogP contribution in [0.3, 0.4) is 0 Å². The van der Waals surface area contributed by atoms with E-state index >= 15 is 0 Å². The number of benzene rings is 2. The Balaban J connectivity index is 2.66. The molecule has 0 unspecified atom stereocenters. The maximum Gasteiger partial charge on any atom is 0.190 e. The van der Waals surface area contributed by atoms with E-state index in [0.717, 1.165) is 16.6 Å². The number of fused-ring (bicyclic) bond motifs is 3. The zero-order valence-electron chi connectivity index (χ0n) is 8.53. The van der Waals surface area contributed by atoms with Crippen molar-refractivity contribution < 1.29 is 0 Å². The number of nitrogens with two attached hydrogens (primary N) is 1. The summed E-state index contributed by atoms with van der Waals surface area (Å²) in [6, 6.07) is 11.0. The van der Waals surface area contributed by atoms with E-state index in [1.54, 1.807) is 18.3 Å². The smallest absolute Gasteiger partial charge is 0.190 e. The van der Waals surface area contributed by atoms with Crippen LogP contribution in [0.2, 0.25) is 0 Å². The molecule has 2 aliphatic rings. The minimum absolute atomic E-state index is 0.0388. The number of hydrogen-bond acceptors (Lipinski definition) is 2. The van der Waals surface area contributed by atoms with Crippen LogP contribution in [-0.2, 0) is 0 Å². The molecule has 0 aromatic heterocycles. The van der Waals surface area contributed by atoms with E-state index in [-0.39, 0.29) is 5.43 Å². The van der Waals surface area contributed by atoms with Crippen molar-refractivity contribution in [2.45, 2.75) is 0 Å². The van der Waals surface area contributed by atoms with Crippen molar-refractivity contribution in [3.8, 4) is 11.3 Å². The molecule has 1 heterocycles. The first kappa shape index (κ1) is 8.97. The third-order valence-corrected chi connectivity index (χ3v) is 2.80. The Bertz CT molecular complexity index is 700. The second kappa shape index (κ2) is 3.10. The van der Waals surface area contributed by atoms with Gasteiger partial charge in [0.1, 0.15) is 0 Å². The van der Waals surface area contributed by atoms with Crippen LogP contribution in [0, 0.1) is 0 Å². The molecule has 3 nitrogen and oxygen atoms in total. The van der Waals surface area contributed by atoms with Gasteiger partial charge in [0.15, 0.2) is 5.43 Å². The van der Waals surface area contributed by atoms with Gasteiger partial charge in [-0.3, -0.25) is 4.79 Å². The average Bonchev–Trinajstić information content (AvgIpc) is 2.29. The largest absolute Gasteiger partial charge is 0.398 e. The van der Waals surface area contributed by atoms with E-state index in [0.29, 0.717) is 11.1 Å². The fourth-order valence-electron chi connectivity index (χ4n) is 2.08. The van der Waals surface area contributed by atoms with Crippen molar-refractivity contribution in [2.75, 3.05) is 5.73 Å². The Morgan fingerprint density at radius 3 is 2.88 bits per heavy atom. The van der Waals surface area contributed by atoms with E-state index < -0.39 is 0 Å². The topological polar surface area (TPSA) is 58.9 Å². The molecule has 3 heteroatoms. The predicted molar refractivity (Wildman–Crippen MR) is 65.6 cm³/mol. The highest BCUT2D eigenvalue weighted by atomic mass is 16.1. The Kier molecular flexibility index (Phi) is 1.74. The van der Waals surface area contributed by atoms with Crippen molar-refractivity contribution in [3.05, 3.63) is 52.8 Å². The molecule has 0 spiro atoms.